The first kappa shape index (κ1) is 16.0. The number of carbonyl (C=O) groups excluding carboxylic acids is 1. The summed E-state index contributed by atoms with van der Waals surface area (Å²) in [5, 5.41) is 3.95. The van der Waals surface area contributed by atoms with Gasteiger partial charge in [-0.2, -0.15) is 0 Å². The molecule has 1 aliphatic rings. The fourth-order valence-electron chi connectivity index (χ4n) is 3.26. The summed E-state index contributed by atoms with van der Waals surface area (Å²) < 4.78 is 5.17. The van der Waals surface area contributed by atoms with Gasteiger partial charge in [0.1, 0.15) is 5.76 Å². The number of nitrogens with two attached hydrogens (primary N) is 1. The van der Waals surface area contributed by atoms with Crippen molar-refractivity contribution in [3.63, 3.8) is 0 Å². The quantitative estimate of drug-likeness (QED) is 0.925. The molecule has 1 heterocycles. The molecule has 2 rings (SSSR count). The van der Waals surface area contributed by atoms with E-state index in [-0.39, 0.29) is 11.3 Å². The highest BCUT2D eigenvalue weighted by atomic mass is 16.5. The van der Waals surface area contributed by atoms with E-state index >= 15 is 0 Å². The SMILES string of the molecule is Cc1noc(C)c1CN(C)C(=O)C1(CN)CCC(C)CC1. The smallest absolute Gasteiger partial charge is 0.230 e. The molecule has 1 aromatic heterocycles. The second-order valence-electron chi connectivity index (χ2n) is 6.63. The summed E-state index contributed by atoms with van der Waals surface area (Å²) in [6.45, 7) is 7.01. The third-order valence-electron chi connectivity index (χ3n) is 5.00. The molecular weight excluding hydrogens is 266 g/mol. The van der Waals surface area contributed by atoms with Gasteiger partial charge in [-0.15, -0.1) is 0 Å². The van der Waals surface area contributed by atoms with Gasteiger partial charge in [0.05, 0.1) is 17.7 Å². The van der Waals surface area contributed by atoms with Gasteiger partial charge >= 0.3 is 0 Å². The Morgan fingerprint density at radius 2 is 2.05 bits per heavy atom. The molecule has 5 heteroatoms. The molecule has 5 nitrogen and oxygen atoms in total. The minimum Gasteiger partial charge on any atom is -0.361 e. The van der Waals surface area contributed by atoms with E-state index in [2.05, 4.69) is 12.1 Å². The summed E-state index contributed by atoms with van der Waals surface area (Å²) in [7, 11) is 1.85. The van der Waals surface area contributed by atoms with Crippen molar-refractivity contribution in [2.24, 2.45) is 17.1 Å². The van der Waals surface area contributed by atoms with E-state index < -0.39 is 0 Å². The molecule has 0 aromatic carbocycles. The molecule has 0 bridgehead atoms. The predicted octanol–water partition coefficient (Wildman–Crippen LogP) is 2.41. The average Bonchev–Trinajstić information content (AvgIpc) is 2.79. The molecule has 1 saturated carbocycles. The lowest BCUT2D eigenvalue weighted by Gasteiger charge is -2.39. The highest BCUT2D eigenvalue weighted by Gasteiger charge is 2.41. The Morgan fingerprint density at radius 3 is 2.52 bits per heavy atom. The van der Waals surface area contributed by atoms with Crippen LogP contribution in [-0.2, 0) is 11.3 Å². The largest absolute Gasteiger partial charge is 0.361 e. The highest BCUT2D eigenvalue weighted by molar-refractivity contribution is 5.83. The van der Waals surface area contributed by atoms with Gasteiger partial charge in [-0.1, -0.05) is 12.1 Å². The van der Waals surface area contributed by atoms with Crippen molar-refractivity contribution in [2.45, 2.75) is 53.0 Å². The van der Waals surface area contributed by atoms with Crippen molar-refractivity contribution < 1.29 is 9.32 Å². The molecule has 1 aliphatic carbocycles. The van der Waals surface area contributed by atoms with Gasteiger partial charge in [0.15, 0.2) is 0 Å². The van der Waals surface area contributed by atoms with E-state index in [4.69, 9.17) is 10.3 Å². The van der Waals surface area contributed by atoms with E-state index in [1.54, 1.807) is 4.90 Å². The summed E-state index contributed by atoms with van der Waals surface area (Å²) >= 11 is 0. The van der Waals surface area contributed by atoms with Gasteiger partial charge in [-0.25, -0.2) is 0 Å². The van der Waals surface area contributed by atoms with E-state index in [1.165, 1.54) is 0 Å². The number of hydrogen-bond donors (Lipinski definition) is 1. The van der Waals surface area contributed by atoms with Crippen LogP contribution in [0.1, 0.15) is 49.6 Å². The van der Waals surface area contributed by atoms with E-state index in [0.29, 0.717) is 19.0 Å². The normalized spacial score (nSPS) is 25.9. The van der Waals surface area contributed by atoms with Crippen LogP contribution < -0.4 is 5.73 Å². The lowest BCUT2D eigenvalue weighted by Crippen LogP contribution is -2.48. The molecule has 0 spiro atoms. The van der Waals surface area contributed by atoms with E-state index in [9.17, 15) is 4.79 Å². The number of aromatic nitrogens is 1. The van der Waals surface area contributed by atoms with Gasteiger partial charge in [0.2, 0.25) is 5.91 Å². The molecular formula is C16H27N3O2. The highest BCUT2D eigenvalue weighted by Crippen LogP contribution is 2.39. The number of rotatable bonds is 4. The number of amides is 1. The number of carbonyl (C=O) groups is 1. The Balaban J connectivity index is 2.11. The van der Waals surface area contributed by atoms with Crippen LogP contribution in [0, 0.1) is 25.2 Å². The molecule has 0 radical (unpaired) electrons. The van der Waals surface area contributed by atoms with Crippen LogP contribution in [0.3, 0.4) is 0 Å². The van der Waals surface area contributed by atoms with Crippen LogP contribution in [0.25, 0.3) is 0 Å². The summed E-state index contributed by atoms with van der Waals surface area (Å²) in [5.74, 6) is 1.65. The first-order chi connectivity index (χ1) is 9.89. The number of aryl methyl sites for hydroxylation is 2. The maximum atomic E-state index is 12.9. The van der Waals surface area contributed by atoms with Crippen molar-refractivity contribution in [1.82, 2.24) is 10.1 Å². The Kier molecular flexibility index (Phi) is 4.71. The third kappa shape index (κ3) is 3.12. The van der Waals surface area contributed by atoms with E-state index in [1.807, 2.05) is 20.9 Å². The van der Waals surface area contributed by atoms with Gasteiger partial charge < -0.3 is 15.2 Å². The monoisotopic (exact) mass is 293 g/mol. The molecule has 118 valence electrons. The zero-order chi connectivity index (χ0) is 15.6. The predicted molar refractivity (Wildman–Crippen MR) is 81.6 cm³/mol. The fourth-order valence-corrected chi connectivity index (χ4v) is 3.26. The Morgan fingerprint density at radius 1 is 1.43 bits per heavy atom. The van der Waals surface area contributed by atoms with Crippen LogP contribution >= 0.6 is 0 Å². The molecule has 1 aromatic rings. The summed E-state index contributed by atoms with van der Waals surface area (Å²) in [5.41, 5.74) is 7.46. The maximum Gasteiger partial charge on any atom is 0.230 e. The van der Waals surface area contributed by atoms with Crippen LogP contribution in [0.5, 0.6) is 0 Å². The maximum absolute atomic E-state index is 12.9. The first-order valence-electron chi connectivity index (χ1n) is 7.77. The third-order valence-corrected chi connectivity index (χ3v) is 5.00. The molecule has 1 fully saturated rings. The lowest BCUT2D eigenvalue weighted by atomic mass is 9.70. The lowest BCUT2D eigenvalue weighted by molar-refractivity contribution is -0.143. The Bertz CT molecular complexity index is 482. The molecule has 0 unspecified atom stereocenters. The zero-order valence-electron chi connectivity index (χ0n) is 13.6. The minimum absolute atomic E-state index is 0.164. The first-order valence-corrected chi connectivity index (χ1v) is 7.77. The average molecular weight is 293 g/mol. The topological polar surface area (TPSA) is 72.4 Å². The van der Waals surface area contributed by atoms with Crippen molar-refractivity contribution in [1.29, 1.82) is 0 Å². The molecule has 2 N–H and O–H groups in total. The second-order valence-corrected chi connectivity index (χ2v) is 6.63. The standard InChI is InChI=1S/C16H27N3O2/c1-11-5-7-16(10-17,8-6-11)15(20)19(4)9-14-12(2)18-21-13(14)3/h11H,5-10,17H2,1-4H3. The summed E-state index contributed by atoms with van der Waals surface area (Å²) in [4.78, 5) is 14.7. The molecule has 0 atom stereocenters. The molecule has 21 heavy (non-hydrogen) atoms. The molecule has 0 saturated heterocycles. The van der Waals surface area contributed by atoms with Crippen molar-refractivity contribution in [3.8, 4) is 0 Å². The van der Waals surface area contributed by atoms with Crippen LogP contribution in [-0.4, -0.2) is 29.6 Å². The van der Waals surface area contributed by atoms with Crippen LogP contribution in [0.4, 0.5) is 0 Å². The summed E-state index contributed by atoms with van der Waals surface area (Å²) in [6.07, 6.45) is 3.97. The molecule has 0 aliphatic heterocycles. The van der Waals surface area contributed by atoms with Gasteiger partial charge in [0.25, 0.3) is 0 Å². The summed E-state index contributed by atoms with van der Waals surface area (Å²) in [6, 6.07) is 0. The minimum atomic E-state index is -0.375. The second kappa shape index (κ2) is 6.18. The van der Waals surface area contributed by atoms with Crippen LogP contribution in [0.15, 0.2) is 4.52 Å². The van der Waals surface area contributed by atoms with Crippen LogP contribution in [0.2, 0.25) is 0 Å². The van der Waals surface area contributed by atoms with E-state index in [0.717, 1.165) is 42.7 Å². The Hall–Kier alpha value is -1.36. The van der Waals surface area contributed by atoms with Crippen molar-refractivity contribution in [3.05, 3.63) is 17.0 Å². The van der Waals surface area contributed by atoms with Crippen molar-refractivity contribution >= 4 is 5.91 Å². The van der Waals surface area contributed by atoms with Gasteiger partial charge in [0, 0.05) is 19.2 Å². The van der Waals surface area contributed by atoms with Crippen molar-refractivity contribution in [2.75, 3.05) is 13.6 Å². The zero-order valence-corrected chi connectivity index (χ0v) is 13.6. The fraction of sp³-hybridized carbons (Fsp3) is 0.750. The van der Waals surface area contributed by atoms with Gasteiger partial charge in [-0.05, 0) is 45.4 Å². The molecule has 1 amide bonds. The number of nitrogens with zero attached hydrogens (tertiary/aromatic N) is 2. The Labute approximate surface area is 126 Å². The van der Waals surface area contributed by atoms with Gasteiger partial charge in [-0.3, -0.25) is 4.79 Å². The number of hydrogen-bond acceptors (Lipinski definition) is 4.